The highest BCUT2D eigenvalue weighted by Gasteiger charge is 2.06. The van der Waals surface area contributed by atoms with E-state index in [-0.39, 0.29) is 0 Å². The molecule has 138 valence electrons. The molecule has 0 bridgehead atoms. The minimum Gasteiger partial charge on any atom is -0.497 e. The highest BCUT2D eigenvalue weighted by atomic mass is 16.5. The number of ether oxygens (including phenoxy) is 3. The van der Waals surface area contributed by atoms with Gasteiger partial charge in [0.1, 0.15) is 12.4 Å². The summed E-state index contributed by atoms with van der Waals surface area (Å²) in [5.41, 5.74) is 2.92. The molecule has 4 nitrogen and oxygen atoms in total. The summed E-state index contributed by atoms with van der Waals surface area (Å²) in [6, 6.07) is 23.5. The number of rotatable bonds is 8. The van der Waals surface area contributed by atoms with E-state index in [1.807, 2.05) is 85.9 Å². The molecule has 3 rings (SSSR count). The highest BCUT2D eigenvalue weighted by Crippen LogP contribution is 2.29. The van der Waals surface area contributed by atoms with Gasteiger partial charge in [0.25, 0.3) is 0 Å². The second kappa shape index (κ2) is 9.43. The Morgan fingerprint density at radius 1 is 0.852 bits per heavy atom. The number of nitrogens with zero attached hydrogens (tertiary/aromatic N) is 1. The molecule has 0 N–H and O–H groups in total. The first-order valence-corrected chi connectivity index (χ1v) is 8.90. The van der Waals surface area contributed by atoms with E-state index >= 15 is 0 Å². The van der Waals surface area contributed by atoms with Gasteiger partial charge in [-0.15, -0.1) is 0 Å². The van der Waals surface area contributed by atoms with Crippen molar-refractivity contribution in [1.29, 1.82) is 0 Å². The monoisotopic (exact) mass is 361 g/mol. The van der Waals surface area contributed by atoms with Crippen LogP contribution in [0.25, 0.3) is 0 Å². The first-order valence-electron chi connectivity index (χ1n) is 8.90. The molecule has 3 aromatic carbocycles. The summed E-state index contributed by atoms with van der Waals surface area (Å²) in [5.74, 6) is 2.25. The zero-order valence-corrected chi connectivity index (χ0v) is 15.6. The maximum atomic E-state index is 5.94. The van der Waals surface area contributed by atoms with Crippen molar-refractivity contribution in [2.45, 2.75) is 13.5 Å². The summed E-state index contributed by atoms with van der Waals surface area (Å²) >= 11 is 0. The van der Waals surface area contributed by atoms with Crippen LogP contribution in [0.15, 0.2) is 77.8 Å². The first-order chi connectivity index (χ1) is 13.3. The highest BCUT2D eigenvalue weighted by molar-refractivity contribution is 5.83. The first kappa shape index (κ1) is 18.5. The second-order valence-electron chi connectivity index (χ2n) is 5.87. The van der Waals surface area contributed by atoms with Crippen LogP contribution in [0, 0.1) is 0 Å². The van der Waals surface area contributed by atoms with Gasteiger partial charge in [0.05, 0.1) is 19.4 Å². The smallest absolute Gasteiger partial charge is 0.161 e. The van der Waals surface area contributed by atoms with Gasteiger partial charge in [-0.1, -0.05) is 30.3 Å². The van der Waals surface area contributed by atoms with Crippen LogP contribution in [0.1, 0.15) is 18.1 Å². The molecule has 0 radical (unpaired) electrons. The lowest BCUT2D eigenvalue weighted by molar-refractivity contribution is 0.269. The van der Waals surface area contributed by atoms with Gasteiger partial charge in [-0.2, -0.15) is 0 Å². The third-order valence-electron chi connectivity index (χ3n) is 3.94. The summed E-state index contributed by atoms with van der Waals surface area (Å²) in [7, 11) is 1.65. The number of methoxy groups -OCH3 is 1. The van der Waals surface area contributed by atoms with Crippen LogP contribution in [0.5, 0.6) is 17.2 Å². The fraction of sp³-hybridized carbons (Fsp3) is 0.174. The van der Waals surface area contributed by atoms with Crippen molar-refractivity contribution in [2.75, 3.05) is 13.7 Å². The van der Waals surface area contributed by atoms with Crippen LogP contribution in [0.3, 0.4) is 0 Å². The van der Waals surface area contributed by atoms with E-state index in [4.69, 9.17) is 14.2 Å². The van der Waals surface area contributed by atoms with Gasteiger partial charge in [0.15, 0.2) is 11.5 Å². The van der Waals surface area contributed by atoms with E-state index in [9.17, 15) is 0 Å². The van der Waals surface area contributed by atoms with Crippen molar-refractivity contribution in [3.63, 3.8) is 0 Å². The van der Waals surface area contributed by atoms with Crippen LogP contribution in [-0.4, -0.2) is 19.9 Å². The molecule has 4 heteroatoms. The molecule has 0 aliphatic carbocycles. The van der Waals surface area contributed by atoms with Crippen LogP contribution in [-0.2, 0) is 6.61 Å². The van der Waals surface area contributed by atoms with Gasteiger partial charge in [0.2, 0.25) is 0 Å². The van der Waals surface area contributed by atoms with Gasteiger partial charge in [-0.25, -0.2) is 0 Å². The van der Waals surface area contributed by atoms with Crippen molar-refractivity contribution >= 4 is 11.9 Å². The third kappa shape index (κ3) is 5.35. The number of benzene rings is 3. The summed E-state index contributed by atoms with van der Waals surface area (Å²) in [5, 5.41) is 0. The molecule has 0 aromatic heterocycles. The molecule has 0 amide bonds. The lowest BCUT2D eigenvalue weighted by atomic mass is 10.2. The molecule has 0 saturated heterocycles. The quantitative estimate of drug-likeness (QED) is 0.503. The van der Waals surface area contributed by atoms with E-state index in [0.29, 0.717) is 19.0 Å². The maximum absolute atomic E-state index is 5.94. The Morgan fingerprint density at radius 2 is 1.63 bits per heavy atom. The second-order valence-corrected chi connectivity index (χ2v) is 5.87. The normalized spacial score (nSPS) is 10.7. The van der Waals surface area contributed by atoms with Crippen molar-refractivity contribution in [3.8, 4) is 17.2 Å². The Morgan fingerprint density at radius 3 is 2.33 bits per heavy atom. The SMILES string of the molecule is CCOc1cc(C=Nc2ccc(OC)cc2)ccc1OCc1ccccc1. The Kier molecular flexibility index (Phi) is 6.47. The molecule has 0 unspecified atom stereocenters. The standard InChI is InChI=1S/C23H23NO3/c1-3-26-23-15-19(16-24-20-10-12-21(25-2)13-11-20)9-14-22(23)27-17-18-7-5-4-6-8-18/h4-16H,3,17H2,1-2H3. The Hall–Kier alpha value is -3.27. The molecule has 27 heavy (non-hydrogen) atoms. The Labute approximate surface area is 160 Å². The van der Waals surface area contributed by atoms with E-state index in [1.54, 1.807) is 7.11 Å². The zero-order valence-electron chi connectivity index (χ0n) is 15.6. The molecule has 3 aromatic rings. The van der Waals surface area contributed by atoms with E-state index in [1.165, 1.54) is 0 Å². The van der Waals surface area contributed by atoms with Gasteiger partial charge in [0, 0.05) is 6.21 Å². The maximum Gasteiger partial charge on any atom is 0.161 e. The molecule has 0 heterocycles. The average Bonchev–Trinajstić information content (AvgIpc) is 2.73. The predicted molar refractivity (Wildman–Crippen MR) is 109 cm³/mol. The van der Waals surface area contributed by atoms with Crippen molar-refractivity contribution < 1.29 is 14.2 Å². The minimum absolute atomic E-state index is 0.500. The molecule has 0 aliphatic rings. The molecule has 0 saturated carbocycles. The summed E-state index contributed by atoms with van der Waals surface area (Å²) in [6.45, 7) is 3.03. The zero-order chi connectivity index (χ0) is 18.9. The van der Waals surface area contributed by atoms with Crippen LogP contribution < -0.4 is 14.2 Å². The van der Waals surface area contributed by atoms with Crippen molar-refractivity contribution in [1.82, 2.24) is 0 Å². The fourth-order valence-electron chi connectivity index (χ4n) is 2.55. The minimum atomic E-state index is 0.500. The molecular weight excluding hydrogens is 338 g/mol. The number of hydrogen-bond acceptors (Lipinski definition) is 4. The topological polar surface area (TPSA) is 40.0 Å². The van der Waals surface area contributed by atoms with Gasteiger partial charge >= 0.3 is 0 Å². The summed E-state index contributed by atoms with van der Waals surface area (Å²) in [4.78, 5) is 4.50. The van der Waals surface area contributed by atoms with Gasteiger partial charge in [-0.05, 0) is 60.5 Å². The van der Waals surface area contributed by atoms with Crippen molar-refractivity contribution in [2.24, 2.45) is 4.99 Å². The molecule has 0 aliphatic heterocycles. The molecule has 0 fully saturated rings. The Bertz CT molecular complexity index is 874. The van der Waals surface area contributed by atoms with Crippen LogP contribution >= 0.6 is 0 Å². The molecule has 0 atom stereocenters. The van der Waals surface area contributed by atoms with Crippen molar-refractivity contribution in [3.05, 3.63) is 83.9 Å². The van der Waals surface area contributed by atoms with Crippen LogP contribution in [0.4, 0.5) is 5.69 Å². The fourth-order valence-corrected chi connectivity index (χ4v) is 2.55. The third-order valence-corrected chi connectivity index (χ3v) is 3.94. The van der Waals surface area contributed by atoms with Gasteiger partial charge < -0.3 is 14.2 Å². The lowest BCUT2D eigenvalue weighted by Crippen LogP contribution is -2.00. The van der Waals surface area contributed by atoms with Crippen LogP contribution in [0.2, 0.25) is 0 Å². The van der Waals surface area contributed by atoms with E-state index in [0.717, 1.165) is 28.3 Å². The lowest BCUT2D eigenvalue weighted by Gasteiger charge is -2.12. The molecular formula is C23H23NO3. The summed E-state index contributed by atoms with van der Waals surface area (Å²) in [6.07, 6.45) is 1.81. The van der Waals surface area contributed by atoms with E-state index in [2.05, 4.69) is 4.99 Å². The largest absolute Gasteiger partial charge is 0.497 e. The van der Waals surface area contributed by atoms with E-state index < -0.39 is 0 Å². The number of aliphatic imine (C=N–C) groups is 1. The number of hydrogen-bond donors (Lipinski definition) is 0. The average molecular weight is 361 g/mol. The molecule has 0 spiro atoms. The Balaban J connectivity index is 1.72. The predicted octanol–water partition coefficient (Wildman–Crippen LogP) is 5.42. The van der Waals surface area contributed by atoms with Gasteiger partial charge in [-0.3, -0.25) is 4.99 Å². The summed E-state index contributed by atoms with van der Waals surface area (Å²) < 4.78 is 16.8.